The van der Waals surface area contributed by atoms with E-state index in [0.29, 0.717) is 12.1 Å². The van der Waals surface area contributed by atoms with Crippen molar-refractivity contribution in [2.24, 2.45) is 0 Å². The van der Waals surface area contributed by atoms with Crippen molar-refractivity contribution in [3.8, 4) is 5.75 Å². The molecule has 1 atom stereocenters. The summed E-state index contributed by atoms with van der Waals surface area (Å²) in [4.78, 5) is 2.31. The normalized spacial score (nSPS) is 13.2. The molecule has 0 bridgehead atoms. The number of rotatable bonds is 5. The first-order valence-corrected chi connectivity index (χ1v) is 5.51. The fourth-order valence-electron chi connectivity index (χ4n) is 1.36. The number of nitrogens with zero attached hydrogens (tertiary/aromatic N) is 1. The average molecular weight is 207 g/mol. The van der Waals surface area contributed by atoms with Gasteiger partial charge in [-0.1, -0.05) is 18.2 Å². The van der Waals surface area contributed by atoms with Crippen LogP contribution in [0, 0.1) is 0 Å². The van der Waals surface area contributed by atoms with E-state index in [1.165, 1.54) is 0 Å². The molecule has 0 aromatic heterocycles. The van der Waals surface area contributed by atoms with E-state index in [-0.39, 0.29) is 0 Å². The number of benzene rings is 1. The van der Waals surface area contributed by atoms with Crippen molar-refractivity contribution in [1.82, 2.24) is 4.90 Å². The van der Waals surface area contributed by atoms with Gasteiger partial charge in [-0.15, -0.1) is 0 Å². The van der Waals surface area contributed by atoms with E-state index in [0.717, 1.165) is 12.4 Å². The number of para-hydroxylation sites is 1. The second-order valence-corrected chi connectivity index (χ2v) is 4.23. The third-order valence-corrected chi connectivity index (χ3v) is 2.74. The van der Waals surface area contributed by atoms with Gasteiger partial charge in [0, 0.05) is 12.1 Å². The first-order chi connectivity index (χ1) is 7.11. The monoisotopic (exact) mass is 207 g/mol. The van der Waals surface area contributed by atoms with Gasteiger partial charge in [-0.05, 0) is 40.0 Å². The lowest BCUT2D eigenvalue weighted by molar-refractivity contribution is 0.145. The van der Waals surface area contributed by atoms with Crippen LogP contribution in [0.2, 0.25) is 0 Å². The van der Waals surface area contributed by atoms with E-state index in [9.17, 15) is 0 Å². The van der Waals surface area contributed by atoms with Crippen LogP contribution in [0.3, 0.4) is 0 Å². The lowest BCUT2D eigenvalue weighted by atomic mass is 10.2. The number of likely N-dealkylation sites (N-methyl/N-ethyl adjacent to an activating group) is 1. The van der Waals surface area contributed by atoms with Gasteiger partial charge in [-0.2, -0.15) is 0 Å². The van der Waals surface area contributed by atoms with Gasteiger partial charge in [0.25, 0.3) is 0 Å². The van der Waals surface area contributed by atoms with Gasteiger partial charge in [-0.3, -0.25) is 4.90 Å². The minimum absolute atomic E-state index is 0.435. The van der Waals surface area contributed by atoms with Crippen molar-refractivity contribution in [1.29, 1.82) is 0 Å². The Morgan fingerprint density at radius 1 is 1.13 bits per heavy atom. The summed E-state index contributed by atoms with van der Waals surface area (Å²) in [6.45, 7) is 7.31. The molecule has 15 heavy (non-hydrogen) atoms. The van der Waals surface area contributed by atoms with Crippen LogP contribution in [0.1, 0.15) is 20.8 Å². The maximum absolute atomic E-state index is 5.70. The van der Waals surface area contributed by atoms with Crippen LogP contribution in [0.15, 0.2) is 30.3 Å². The zero-order valence-corrected chi connectivity index (χ0v) is 10.1. The molecule has 0 radical (unpaired) electrons. The van der Waals surface area contributed by atoms with Gasteiger partial charge in [0.1, 0.15) is 12.4 Å². The Labute approximate surface area is 92.9 Å². The molecule has 0 aliphatic carbocycles. The molecule has 2 nitrogen and oxygen atoms in total. The molecule has 0 amide bonds. The molecule has 1 aromatic rings. The SMILES string of the molecule is CC(C)N(C)C(C)COc1ccccc1. The van der Waals surface area contributed by atoms with Crippen molar-refractivity contribution >= 4 is 0 Å². The summed E-state index contributed by atoms with van der Waals surface area (Å²) in [7, 11) is 2.13. The topological polar surface area (TPSA) is 12.5 Å². The first kappa shape index (κ1) is 12.1. The summed E-state index contributed by atoms with van der Waals surface area (Å²) < 4.78 is 5.70. The van der Waals surface area contributed by atoms with Crippen LogP contribution < -0.4 is 4.74 Å². The highest BCUT2D eigenvalue weighted by atomic mass is 16.5. The minimum Gasteiger partial charge on any atom is -0.492 e. The van der Waals surface area contributed by atoms with Gasteiger partial charge in [0.15, 0.2) is 0 Å². The lowest BCUT2D eigenvalue weighted by Crippen LogP contribution is -2.38. The molecule has 0 spiro atoms. The molecule has 1 aromatic carbocycles. The Hall–Kier alpha value is -1.02. The third kappa shape index (κ3) is 3.92. The Bertz CT molecular complexity index is 271. The molecule has 0 saturated carbocycles. The van der Waals surface area contributed by atoms with E-state index in [4.69, 9.17) is 4.74 Å². The largest absolute Gasteiger partial charge is 0.492 e. The maximum atomic E-state index is 5.70. The van der Waals surface area contributed by atoms with Crippen LogP contribution in [0.4, 0.5) is 0 Å². The highest BCUT2D eigenvalue weighted by molar-refractivity contribution is 5.20. The fourth-order valence-corrected chi connectivity index (χ4v) is 1.36. The Kier molecular flexibility index (Phi) is 4.63. The first-order valence-electron chi connectivity index (χ1n) is 5.51. The van der Waals surface area contributed by atoms with Crippen molar-refractivity contribution in [3.63, 3.8) is 0 Å². The maximum Gasteiger partial charge on any atom is 0.119 e. The van der Waals surface area contributed by atoms with Gasteiger partial charge in [0.05, 0.1) is 0 Å². The molecule has 0 aliphatic heterocycles. The van der Waals surface area contributed by atoms with Crippen molar-refractivity contribution in [2.45, 2.75) is 32.9 Å². The molecule has 0 heterocycles. The van der Waals surface area contributed by atoms with Gasteiger partial charge < -0.3 is 4.74 Å². The van der Waals surface area contributed by atoms with E-state index >= 15 is 0 Å². The molecule has 2 heteroatoms. The number of hydrogen-bond donors (Lipinski definition) is 0. The van der Waals surface area contributed by atoms with E-state index in [1.54, 1.807) is 0 Å². The number of ether oxygens (including phenoxy) is 1. The molecular weight excluding hydrogens is 186 g/mol. The van der Waals surface area contributed by atoms with Crippen LogP contribution in [0.25, 0.3) is 0 Å². The molecule has 84 valence electrons. The predicted octanol–water partition coefficient (Wildman–Crippen LogP) is 2.79. The molecular formula is C13H21NO. The van der Waals surface area contributed by atoms with Crippen molar-refractivity contribution in [2.75, 3.05) is 13.7 Å². The quantitative estimate of drug-likeness (QED) is 0.736. The van der Waals surface area contributed by atoms with Crippen LogP contribution >= 0.6 is 0 Å². The molecule has 1 unspecified atom stereocenters. The van der Waals surface area contributed by atoms with E-state index in [1.807, 2.05) is 30.3 Å². The second-order valence-electron chi connectivity index (χ2n) is 4.23. The highest BCUT2D eigenvalue weighted by Crippen LogP contribution is 2.10. The summed E-state index contributed by atoms with van der Waals surface area (Å²) in [5.41, 5.74) is 0. The zero-order valence-electron chi connectivity index (χ0n) is 10.1. The van der Waals surface area contributed by atoms with Crippen molar-refractivity contribution in [3.05, 3.63) is 30.3 Å². The molecule has 0 fully saturated rings. The second kappa shape index (κ2) is 5.76. The lowest BCUT2D eigenvalue weighted by Gasteiger charge is -2.28. The zero-order chi connectivity index (χ0) is 11.3. The Balaban J connectivity index is 2.37. The average Bonchev–Trinajstić information content (AvgIpc) is 2.26. The predicted molar refractivity (Wildman–Crippen MR) is 64.3 cm³/mol. The summed E-state index contributed by atoms with van der Waals surface area (Å²) in [6, 6.07) is 10.9. The molecule has 0 saturated heterocycles. The smallest absolute Gasteiger partial charge is 0.119 e. The third-order valence-electron chi connectivity index (χ3n) is 2.74. The summed E-state index contributed by atoms with van der Waals surface area (Å²) in [5, 5.41) is 0. The van der Waals surface area contributed by atoms with Gasteiger partial charge >= 0.3 is 0 Å². The van der Waals surface area contributed by atoms with Crippen molar-refractivity contribution < 1.29 is 4.74 Å². The summed E-state index contributed by atoms with van der Waals surface area (Å²) >= 11 is 0. The van der Waals surface area contributed by atoms with Crippen LogP contribution in [0.5, 0.6) is 5.75 Å². The van der Waals surface area contributed by atoms with Gasteiger partial charge in [0.2, 0.25) is 0 Å². The van der Waals surface area contributed by atoms with Gasteiger partial charge in [-0.25, -0.2) is 0 Å². The standard InChI is InChI=1S/C13H21NO/c1-11(2)14(4)12(3)10-15-13-8-6-5-7-9-13/h5-9,11-12H,10H2,1-4H3. The summed E-state index contributed by atoms with van der Waals surface area (Å²) in [5.74, 6) is 0.946. The van der Waals surface area contributed by atoms with E-state index in [2.05, 4.69) is 32.7 Å². The van der Waals surface area contributed by atoms with E-state index < -0.39 is 0 Å². The Morgan fingerprint density at radius 2 is 1.73 bits per heavy atom. The number of hydrogen-bond acceptors (Lipinski definition) is 2. The summed E-state index contributed by atoms with van der Waals surface area (Å²) in [6.07, 6.45) is 0. The molecule has 0 N–H and O–H groups in total. The fraction of sp³-hybridized carbons (Fsp3) is 0.538. The molecule has 1 rings (SSSR count). The highest BCUT2D eigenvalue weighted by Gasteiger charge is 2.12. The minimum atomic E-state index is 0.435. The molecule has 0 aliphatic rings. The van der Waals surface area contributed by atoms with Crippen LogP contribution in [-0.2, 0) is 0 Å². The van der Waals surface area contributed by atoms with Crippen LogP contribution in [-0.4, -0.2) is 30.6 Å². The Morgan fingerprint density at radius 3 is 2.27 bits per heavy atom.